The molecule has 26 heavy (non-hydrogen) atoms. The lowest BCUT2D eigenvalue weighted by molar-refractivity contribution is -0.142. The molecule has 0 N–H and O–H groups in total. The van der Waals surface area contributed by atoms with Crippen LogP contribution in [0.1, 0.15) is 29.4 Å². The second-order valence-electron chi connectivity index (χ2n) is 5.82. The fourth-order valence-electron chi connectivity index (χ4n) is 2.89. The summed E-state index contributed by atoms with van der Waals surface area (Å²) in [5.74, 6) is -0.305. The van der Waals surface area contributed by atoms with Gasteiger partial charge in [0.25, 0.3) is 0 Å². The summed E-state index contributed by atoms with van der Waals surface area (Å²) in [6.07, 6.45) is 0.129. The van der Waals surface area contributed by atoms with Crippen LogP contribution in [0.3, 0.4) is 0 Å². The van der Waals surface area contributed by atoms with Crippen LogP contribution in [0.25, 0.3) is 16.9 Å². The van der Waals surface area contributed by atoms with Crippen LogP contribution in [0, 0.1) is 25.2 Å². The maximum absolute atomic E-state index is 11.9. The van der Waals surface area contributed by atoms with E-state index in [9.17, 15) is 10.1 Å². The van der Waals surface area contributed by atoms with Gasteiger partial charge in [-0.05, 0) is 32.9 Å². The molecule has 132 valence electrons. The van der Waals surface area contributed by atoms with Gasteiger partial charge in [-0.2, -0.15) is 10.4 Å². The number of carbonyl (C=O) groups excluding carboxylic acids is 1. The summed E-state index contributed by atoms with van der Waals surface area (Å²) in [5.41, 5.74) is 4.56. The van der Waals surface area contributed by atoms with Gasteiger partial charge in [-0.25, -0.2) is 9.50 Å². The maximum atomic E-state index is 11.9. The van der Waals surface area contributed by atoms with Crippen molar-refractivity contribution in [1.29, 1.82) is 5.26 Å². The number of nitriles is 1. The Morgan fingerprint density at radius 3 is 2.62 bits per heavy atom. The van der Waals surface area contributed by atoms with E-state index in [0.29, 0.717) is 29.2 Å². The summed E-state index contributed by atoms with van der Waals surface area (Å²) in [6, 6.07) is 9.81. The van der Waals surface area contributed by atoms with E-state index in [1.54, 1.807) is 11.4 Å². The quantitative estimate of drug-likeness (QED) is 0.609. The number of hydrogen-bond acceptors (Lipinski definition) is 5. The first-order valence-corrected chi connectivity index (χ1v) is 8.96. The van der Waals surface area contributed by atoms with E-state index >= 15 is 0 Å². The minimum absolute atomic E-state index is 0.129. The normalized spacial score (nSPS) is 10.7. The lowest BCUT2D eigenvalue weighted by Gasteiger charge is -2.10. The summed E-state index contributed by atoms with van der Waals surface area (Å²) in [7, 11) is 0. The Labute approximate surface area is 159 Å². The minimum Gasteiger partial charge on any atom is -0.466 e. The predicted octanol–water partition coefficient (Wildman–Crippen LogP) is 3.75. The first-order valence-electron chi connectivity index (χ1n) is 8.16. The highest BCUT2D eigenvalue weighted by atomic mass is 79.9. The first kappa shape index (κ1) is 18.1. The molecule has 0 unspecified atom stereocenters. The molecule has 0 saturated carbocycles. The molecule has 0 spiro atoms. The highest BCUT2D eigenvalue weighted by molar-refractivity contribution is 9.10. The monoisotopic (exact) mass is 412 g/mol. The second-order valence-corrected chi connectivity index (χ2v) is 6.74. The standard InChI is InChI=1S/C19H17BrN4O2/c1-4-26-17(25)9-15-11(2)22-19-16(10-21)18(23-24(19)12(15)3)13-5-7-14(20)8-6-13/h5-8H,4,9H2,1-3H3. The summed E-state index contributed by atoms with van der Waals surface area (Å²) < 4.78 is 7.63. The molecule has 0 bridgehead atoms. The van der Waals surface area contributed by atoms with Gasteiger partial charge in [-0.15, -0.1) is 0 Å². The number of halogens is 1. The Balaban J connectivity index is 2.19. The molecule has 0 aliphatic heterocycles. The number of aromatic nitrogens is 3. The molecule has 0 saturated heterocycles. The average Bonchev–Trinajstić information content (AvgIpc) is 2.98. The van der Waals surface area contributed by atoms with Gasteiger partial charge in [0, 0.05) is 27.0 Å². The van der Waals surface area contributed by atoms with Crippen LogP contribution in [0.15, 0.2) is 28.7 Å². The van der Waals surface area contributed by atoms with Crippen LogP contribution >= 0.6 is 15.9 Å². The van der Waals surface area contributed by atoms with Crippen molar-refractivity contribution >= 4 is 27.5 Å². The van der Waals surface area contributed by atoms with Crippen LogP contribution in [0.5, 0.6) is 0 Å². The first-order chi connectivity index (χ1) is 12.5. The van der Waals surface area contributed by atoms with Crippen molar-refractivity contribution in [3.63, 3.8) is 0 Å². The number of esters is 1. The minimum atomic E-state index is -0.305. The molecular formula is C19H17BrN4O2. The number of rotatable bonds is 4. The molecule has 3 aromatic rings. The van der Waals surface area contributed by atoms with Gasteiger partial charge in [-0.1, -0.05) is 28.1 Å². The third kappa shape index (κ3) is 3.20. The van der Waals surface area contributed by atoms with E-state index in [1.807, 2.05) is 38.1 Å². The van der Waals surface area contributed by atoms with Gasteiger partial charge < -0.3 is 4.74 Å². The van der Waals surface area contributed by atoms with Crippen molar-refractivity contribution in [3.05, 3.63) is 51.3 Å². The Bertz CT molecular complexity index is 1030. The van der Waals surface area contributed by atoms with Crippen molar-refractivity contribution in [2.24, 2.45) is 0 Å². The van der Waals surface area contributed by atoms with E-state index in [0.717, 1.165) is 21.3 Å². The average molecular weight is 413 g/mol. The molecule has 2 aromatic heterocycles. The van der Waals surface area contributed by atoms with Crippen molar-refractivity contribution in [2.75, 3.05) is 6.61 Å². The number of fused-ring (bicyclic) bond motifs is 1. The number of ether oxygens (including phenoxy) is 1. The zero-order valence-electron chi connectivity index (χ0n) is 14.7. The van der Waals surface area contributed by atoms with Crippen LogP contribution in [-0.4, -0.2) is 27.2 Å². The molecule has 2 heterocycles. The summed E-state index contributed by atoms with van der Waals surface area (Å²) >= 11 is 3.41. The molecule has 7 heteroatoms. The number of carbonyl (C=O) groups is 1. The van der Waals surface area contributed by atoms with Crippen molar-refractivity contribution < 1.29 is 9.53 Å². The molecule has 6 nitrogen and oxygen atoms in total. The molecular weight excluding hydrogens is 396 g/mol. The van der Waals surface area contributed by atoms with E-state index < -0.39 is 0 Å². The summed E-state index contributed by atoms with van der Waals surface area (Å²) in [5, 5.41) is 14.3. The van der Waals surface area contributed by atoms with Gasteiger partial charge in [0.05, 0.1) is 13.0 Å². The lowest BCUT2D eigenvalue weighted by Crippen LogP contribution is -2.13. The SMILES string of the molecule is CCOC(=O)Cc1c(C)nc2c(C#N)c(-c3ccc(Br)cc3)nn2c1C. The van der Waals surface area contributed by atoms with Crippen LogP contribution in [0.4, 0.5) is 0 Å². The van der Waals surface area contributed by atoms with Crippen molar-refractivity contribution in [3.8, 4) is 17.3 Å². The Kier molecular flexibility index (Phi) is 5.05. The van der Waals surface area contributed by atoms with E-state index in [-0.39, 0.29) is 12.4 Å². The Morgan fingerprint density at radius 1 is 1.31 bits per heavy atom. The summed E-state index contributed by atoms with van der Waals surface area (Å²) in [4.78, 5) is 16.4. The number of aryl methyl sites for hydroxylation is 2. The van der Waals surface area contributed by atoms with Gasteiger partial charge in [0.15, 0.2) is 5.65 Å². The molecule has 0 aliphatic rings. The topological polar surface area (TPSA) is 80.3 Å². The Hall–Kier alpha value is -2.72. The van der Waals surface area contributed by atoms with Gasteiger partial charge in [-0.3, -0.25) is 4.79 Å². The highest BCUT2D eigenvalue weighted by Crippen LogP contribution is 2.28. The van der Waals surface area contributed by atoms with E-state index in [1.165, 1.54) is 0 Å². The molecule has 0 aliphatic carbocycles. The largest absolute Gasteiger partial charge is 0.466 e. The molecule has 0 atom stereocenters. The van der Waals surface area contributed by atoms with Gasteiger partial charge >= 0.3 is 5.97 Å². The maximum Gasteiger partial charge on any atom is 0.310 e. The fourth-order valence-corrected chi connectivity index (χ4v) is 3.15. The van der Waals surface area contributed by atoms with E-state index in [2.05, 4.69) is 32.1 Å². The van der Waals surface area contributed by atoms with Crippen LogP contribution in [-0.2, 0) is 16.0 Å². The van der Waals surface area contributed by atoms with E-state index in [4.69, 9.17) is 4.74 Å². The number of benzene rings is 1. The molecule has 1 aromatic carbocycles. The molecule has 0 radical (unpaired) electrons. The van der Waals surface area contributed by atoms with Gasteiger partial charge in [0.1, 0.15) is 17.3 Å². The van der Waals surface area contributed by atoms with Gasteiger partial charge in [0.2, 0.25) is 0 Å². The smallest absolute Gasteiger partial charge is 0.310 e. The molecule has 3 rings (SSSR count). The zero-order chi connectivity index (χ0) is 18.8. The van der Waals surface area contributed by atoms with Crippen LogP contribution < -0.4 is 0 Å². The molecule has 0 amide bonds. The predicted molar refractivity (Wildman–Crippen MR) is 101 cm³/mol. The highest BCUT2D eigenvalue weighted by Gasteiger charge is 2.21. The second kappa shape index (κ2) is 7.26. The third-order valence-corrected chi connectivity index (χ3v) is 4.71. The fraction of sp³-hybridized carbons (Fsp3) is 0.263. The molecule has 0 fully saturated rings. The van der Waals surface area contributed by atoms with Crippen molar-refractivity contribution in [2.45, 2.75) is 27.2 Å². The lowest BCUT2D eigenvalue weighted by atomic mass is 10.1. The third-order valence-electron chi connectivity index (χ3n) is 4.18. The summed E-state index contributed by atoms with van der Waals surface area (Å²) in [6.45, 7) is 5.81. The Morgan fingerprint density at radius 2 is 2.00 bits per heavy atom. The van der Waals surface area contributed by atoms with Crippen molar-refractivity contribution in [1.82, 2.24) is 14.6 Å². The number of hydrogen-bond donors (Lipinski definition) is 0. The van der Waals surface area contributed by atoms with Crippen LogP contribution in [0.2, 0.25) is 0 Å². The zero-order valence-corrected chi connectivity index (χ0v) is 16.3. The number of nitrogens with zero attached hydrogens (tertiary/aromatic N) is 4.